The molecule has 2 aromatic rings. The van der Waals surface area contributed by atoms with Crippen LogP contribution in [0.2, 0.25) is 0 Å². The Morgan fingerprint density at radius 3 is 2.71 bits per heavy atom. The molecule has 0 fully saturated rings. The molecule has 2 rings (SSSR count). The van der Waals surface area contributed by atoms with E-state index in [0.29, 0.717) is 5.92 Å². The number of benzene rings is 1. The number of nitrogens with two attached hydrogens (primary N) is 1. The van der Waals surface area contributed by atoms with Crippen molar-refractivity contribution in [1.82, 2.24) is 9.97 Å². The molecular formula is C14H19N3. The summed E-state index contributed by atoms with van der Waals surface area (Å²) in [5.74, 6) is 0.623. The first kappa shape index (κ1) is 12.0. The molecule has 0 radical (unpaired) electrons. The van der Waals surface area contributed by atoms with E-state index in [9.17, 15) is 0 Å². The summed E-state index contributed by atoms with van der Waals surface area (Å²) in [6, 6.07) is 8.26. The molecule has 0 saturated carbocycles. The number of para-hydroxylation sites is 1. The van der Waals surface area contributed by atoms with Crippen LogP contribution in [0.25, 0.3) is 10.9 Å². The highest BCUT2D eigenvalue weighted by Gasteiger charge is 2.10. The SMILES string of the molecule is CC(C)CC(N)Cc1ncnc2ccccc12. The molecule has 0 bridgehead atoms. The largest absolute Gasteiger partial charge is 0.327 e. The lowest BCUT2D eigenvalue weighted by Crippen LogP contribution is -2.25. The van der Waals surface area contributed by atoms with Crippen LogP contribution in [0.4, 0.5) is 0 Å². The lowest BCUT2D eigenvalue weighted by atomic mass is 9.99. The van der Waals surface area contributed by atoms with E-state index in [1.807, 2.05) is 18.2 Å². The van der Waals surface area contributed by atoms with Gasteiger partial charge >= 0.3 is 0 Å². The van der Waals surface area contributed by atoms with E-state index in [2.05, 4.69) is 29.9 Å². The fourth-order valence-corrected chi connectivity index (χ4v) is 2.16. The Bertz CT molecular complexity index is 488. The lowest BCUT2D eigenvalue weighted by Gasteiger charge is -2.14. The van der Waals surface area contributed by atoms with Crippen molar-refractivity contribution in [3.63, 3.8) is 0 Å². The van der Waals surface area contributed by atoms with Gasteiger partial charge in [-0.1, -0.05) is 32.0 Å². The minimum Gasteiger partial charge on any atom is -0.327 e. The minimum atomic E-state index is 0.174. The molecule has 1 aromatic heterocycles. The van der Waals surface area contributed by atoms with Gasteiger partial charge in [-0.25, -0.2) is 9.97 Å². The van der Waals surface area contributed by atoms with Crippen LogP contribution < -0.4 is 5.73 Å². The molecule has 0 aliphatic carbocycles. The summed E-state index contributed by atoms with van der Waals surface area (Å²) in [5, 5.41) is 1.12. The third-order valence-corrected chi connectivity index (χ3v) is 2.86. The zero-order valence-corrected chi connectivity index (χ0v) is 10.4. The lowest BCUT2D eigenvalue weighted by molar-refractivity contribution is 0.491. The van der Waals surface area contributed by atoms with Crippen LogP contribution in [-0.4, -0.2) is 16.0 Å². The van der Waals surface area contributed by atoms with Crippen molar-refractivity contribution in [2.75, 3.05) is 0 Å². The van der Waals surface area contributed by atoms with Gasteiger partial charge in [0, 0.05) is 17.8 Å². The van der Waals surface area contributed by atoms with Crippen LogP contribution in [0.1, 0.15) is 26.0 Å². The Labute approximate surface area is 102 Å². The fourth-order valence-electron chi connectivity index (χ4n) is 2.16. The summed E-state index contributed by atoms with van der Waals surface area (Å²) in [5.41, 5.74) is 8.19. The van der Waals surface area contributed by atoms with Crippen LogP contribution >= 0.6 is 0 Å². The van der Waals surface area contributed by atoms with Gasteiger partial charge in [0.1, 0.15) is 6.33 Å². The van der Waals surface area contributed by atoms with Crippen LogP contribution in [0.3, 0.4) is 0 Å². The standard InChI is InChI=1S/C14H19N3/c1-10(2)7-11(15)8-14-12-5-3-4-6-13(12)16-9-17-14/h3-6,9-11H,7-8,15H2,1-2H3. The molecule has 3 heteroatoms. The molecule has 0 aliphatic rings. The van der Waals surface area contributed by atoms with Crippen LogP contribution in [0.5, 0.6) is 0 Å². The zero-order chi connectivity index (χ0) is 12.3. The van der Waals surface area contributed by atoms with Crippen LogP contribution in [-0.2, 0) is 6.42 Å². The van der Waals surface area contributed by atoms with Crippen molar-refractivity contribution < 1.29 is 0 Å². The fraction of sp³-hybridized carbons (Fsp3) is 0.429. The van der Waals surface area contributed by atoms with E-state index in [1.165, 1.54) is 0 Å². The smallest absolute Gasteiger partial charge is 0.116 e. The highest BCUT2D eigenvalue weighted by molar-refractivity contribution is 5.80. The maximum atomic E-state index is 6.14. The quantitative estimate of drug-likeness (QED) is 0.876. The second-order valence-electron chi connectivity index (χ2n) is 4.93. The predicted octanol–water partition coefficient (Wildman–Crippen LogP) is 2.55. The number of hydrogen-bond acceptors (Lipinski definition) is 3. The summed E-state index contributed by atoms with van der Waals surface area (Å²) in [6.45, 7) is 4.38. The molecule has 0 spiro atoms. The zero-order valence-electron chi connectivity index (χ0n) is 10.4. The number of rotatable bonds is 4. The van der Waals surface area contributed by atoms with E-state index < -0.39 is 0 Å². The Morgan fingerprint density at radius 2 is 1.94 bits per heavy atom. The highest BCUT2D eigenvalue weighted by Crippen LogP contribution is 2.16. The monoisotopic (exact) mass is 229 g/mol. The average molecular weight is 229 g/mol. The number of fused-ring (bicyclic) bond motifs is 1. The van der Waals surface area contributed by atoms with Crippen molar-refractivity contribution in [2.45, 2.75) is 32.7 Å². The maximum Gasteiger partial charge on any atom is 0.116 e. The van der Waals surface area contributed by atoms with Gasteiger partial charge in [-0.05, 0) is 18.4 Å². The summed E-state index contributed by atoms with van der Waals surface area (Å²) < 4.78 is 0. The van der Waals surface area contributed by atoms with Gasteiger partial charge in [-0.2, -0.15) is 0 Å². The first-order valence-electron chi connectivity index (χ1n) is 6.11. The summed E-state index contributed by atoms with van der Waals surface area (Å²) in [6.07, 6.45) is 3.47. The molecule has 0 aliphatic heterocycles. The first-order chi connectivity index (χ1) is 8.16. The minimum absolute atomic E-state index is 0.174. The van der Waals surface area contributed by atoms with Gasteiger partial charge in [0.05, 0.1) is 11.2 Å². The molecule has 1 atom stereocenters. The third-order valence-electron chi connectivity index (χ3n) is 2.86. The molecule has 1 unspecified atom stereocenters. The second kappa shape index (κ2) is 5.23. The van der Waals surface area contributed by atoms with Crippen LogP contribution in [0.15, 0.2) is 30.6 Å². The molecule has 1 heterocycles. The summed E-state index contributed by atoms with van der Waals surface area (Å²) >= 11 is 0. The van der Waals surface area contributed by atoms with Gasteiger partial charge in [-0.3, -0.25) is 0 Å². The Hall–Kier alpha value is -1.48. The molecule has 3 nitrogen and oxygen atoms in total. The maximum absolute atomic E-state index is 6.14. The van der Waals surface area contributed by atoms with Crippen LogP contribution in [0, 0.1) is 5.92 Å². The van der Waals surface area contributed by atoms with Crippen molar-refractivity contribution >= 4 is 10.9 Å². The van der Waals surface area contributed by atoms with Crippen molar-refractivity contribution in [3.05, 3.63) is 36.3 Å². The Kier molecular flexibility index (Phi) is 3.69. The predicted molar refractivity (Wildman–Crippen MR) is 70.7 cm³/mol. The second-order valence-corrected chi connectivity index (χ2v) is 4.93. The summed E-state index contributed by atoms with van der Waals surface area (Å²) in [7, 11) is 0. The topological polar surface area (TPSA) is 51.8 Å². The Morgan fingerprint density at radius 1 is 1.18 bits per heavy atom. The van der Waals surface area contributed by atoms with E-state index in [1.54, 1.807) is 6.33 Å². The molecule has 0 saturated heterocycles. The van der Waals surface area contributed by atoms with Crippen molar-refractivity contribution in [1.29, 1.82) is 0 Å². The first-order valence-corrected chi connectivity index (χ1v) is 6.11. The van der Waals surface area contributed by atoms with Gasteiger partial charge in [0.15, 0.2) is 0 Å². The molecule has 1 aromatic carbocycles. The Balaban J connectivity index is 2.24. The number of nitrogens with zero attached hydrogens (tertiary/aromatic N) is 2. The van der Waals surface area contributed by atoms with Gasteiger partial charge in [0.2, 0.25) is 0 Å². The highest BCUT2D eigenvalue weighted by atomic mass is 14.8. The summed E-state index contributed by atoms with van der Waals surface area (Å²) in [4.78, 5) is 8.62. The number of hydrogen-bond donors (Lipinski definition) is 1. The van der Waals surface area contributed by atoms with E-state index >= 15 is 0 Å². The number of aromatic nitrogens is 2. The van der Waals surface area contributed by atoms with Crippen molar-refractivity contribution in [3.8, 4) is 0 Å². The normalized spacial score (nSPS) is 13.2. The van der Waals surface area contributed by atoms with E-state index in [-0.39, 0.29) is 6.04 Å². The van der Waals surface area contributed by atoms with Gasteiger partial charge in [0.25, 0.3) is 0 Å². The third kappa shape index (κ3) is 3.01. The van der Waals surface area contributed by atoms with Crippen molar-refractivity contribution in [2.24, 2.45) is 11.7 Å². The molecule has 90 valence electrons. The van der Waals surface area contributed by atoms with Gasteiger partial charge < -0.3 is 5.73 Å². The molecule has 0 amide bonds. The van der Waals surface area contributed by atoms with E-state index in [0.717, 1.165) is 29.4 Å². The van der Waals surface area contributed by atoms with E-state index in [4.69, 9.17) is 5.73 Å². The molecular weight excluding hydrogens is 210 g/mol. The average Bonchev–Trinajstić information content (AvgIpc) is 2.28. The molecule has 2 N–H and O–H groups in total. The van der Waals surface area contributed by atoms with Gasteiger partial charge in [-0.15, -0.1) is 0 Å². The molecule has 17 heavy (non-hydrogen) atoms.